The Morgan fingerprint density at radius 3 is 2.26 bits per heavy atom. The van der Waals surface area contributed by atoms with Gasteiger partial charge in [0.2, 0.25) is 0 Å². The van der Waals surface area contributed by atoms with E-state index < -0.39 is 9.84 Å². The first-order valence-electron chi connectivity index (χ1n) is 10.8. The molecule has 2 aliphatic rings. The number of piperazine rings is 1. The number of likely N-dealkylation sites (tertiary alicyclic amines) is 1. The number of aromatic nitrogens is 2. The molecule has 0 spiro atoms. The summed E-state index contributed by atoms with van der Waals surface area (Å²) < 4.78 is 25.7. The molecule has 0 radical (unpaired) electrons. The number of anilines is 2. The van der Waals surface area contributed by atoms with Crippen LogP contribution in [0.5, 0.6) is 0 Å². The van der Waals surface area contributed by atoms with Gasteiger partial charge in [-0.1, -0.05) is 0 Å². The van der Waals surface area contributed by atoms with Crippen molar-refractivity contribution in [2.24, 2.45) is 0 Å². The Balaban J connectivity index is 1.30. The maximum absolute atomic E-state index is 11.7. The fourth-order valence-electron chi connectivity index (χ4n) is 4.72. The molecule has 3 aromatic rings. The number of hydrogen-bond donors (Lipinski definition) is 0. The van der Waals surface area contributed by atoms with E-state index in [4.69, 9.17) is 4.98 Å². The summed E-state index contributed by atoms with van der Waals surface area (Å²) >= 11 is 0. The van der Waals surface area contributed by atoms with Gasteiger partial charge in [-0.15, -0.1) is 0 Å². The minimum absolute atomic E-state index is 0.365. The van der Waals surface area contributed by atoms with E-state index in [-0.39, 0.29) is 0 Å². The van der Waals surface area contributed by atoms with Crippen LogP contribution in [0.2, 0.25) is 0 Å². The smallest absolute Gasteiger partial charge is 0.175 e. The van der Waals surface area contributed by atoms with Gasteiger partial charge in [-0.3, -0.25) is 0 Å². The van der Waals surface area contributed by atoms with Crippen molar-refractivity contribution in [3.05, 3.63) is 48.7 Å². The van der Waals surface area contributed by atoms with Crippen molar-refractivity contribution in [1.82, 2.24) is 14.5 Å². The molecule has 0 aliphatic carbocycles. The van der Waals surface area contributed by atoms with Gasteiger partial charge in [0.05, 0.1) is 4.90 Å². The van der Waals surface area contributed by atoms with Gasteiger partial charge in [0, 0.05) is 62.3 Å². The van der Waals surface area contributed by atoms with E-state index in [0.29, 0.717) is 10.9 Å². The zero-order valence-electron chi connectivity index (χ0n) is 18.1. The van der Waals surface area contributed by atoms with Crippen LogP contribution < -0.4 is 9.80 Å². The number of benzene rings is 1. The first-order chi connectivity index (χ1) is 14.9. The number of pyridine rings is 1. The minimum Gasteiger partial charge on any atom is -0.368 e. The fraction of sp³-hybridized carbons (Fsp3) is 0.435. The summed E-state index contributed by atoms with van der Waals surface area (Å²) in [5.74, 6) is 1.03. The molecule has 2 aliphatic heterocycles. The third kappa shape index (κ3) is 4.02. The highest BCUT2D eigenvalue weighted by Crippen LogP contribution is 2.28. The Labute approximate surface area is 183 Å². The van der Waals surface area contributed by atoms with Crippen molar-refractivity contribution in [2.75, 3.05) is 62.4 Å². The monoisotopic (exact) mass is 439 g/mol. The quantitative estimate of drug-likeness (QED) is 0.623. The molecular weight excluding hydrogens is 410 g/mol. The second kappa shape index (κ2) is 7.84. The molecule has 0 saturated carbocycles. The van der Waals surface area contributed by atoms with Crippen molar-refractivity contribution in [3.8, 4) is 0 Å². The number of likely N-dealkylation sites (N-methyl/N-ethyl adjacent to an activating group) is 1. The number of nitrogens with zero attached hydrogens (tertiary/aromatic N) is 5. The van der Waals surface area contributed by atoms with Crippen LogP contribution in [0.3, 0.4) is 0 Å². The Kier molecular flexibility index (Phi) is 5.14. The predicted octanol–water partition coefficient (Wildman–Crippen LogP) is 2.64. The highest BCUT2D eigenvalue weighted by atomic mass is 32.2. The van der Waals surface area contributed by atoms with Gasteiger partial charge < -0.3 is 19.3 Å². The maximum atomic E-state index is 11.7. The highest BCUT2D eigenvalue weighted by molar-refractivity contribution is 7.90. The first-order valence-corrected chi connectivity index (χ1v) is 12.7. The lowest BCUT2D eigenvalue weighted by Gasteiger charge is -2.36. The van der Waals surface area contributed by atoms with Crippen LogP contribution in [0.1, 0.15) is 12.5 Å². The molecule has 0 amide bonds. The highest BCUT2D eigenvalue weighted by Gasteiger charge is 2.24. The molecule has 8 heteroatoms. The van der Waals surface area contributed by atoms with Crippen molar-refractivity contribution < 1.29 is 8.42 Å². The fourth-order valence-corrected chi connectivity index (χ4v) is 5.36. The molecule has 7 nitrogen and oxygen atoms in total. The molecule has 4 heterocycles. The summed E-state index contributed by atoms with van der Waals surface area (Å²) in [5.41, 5.74) is 2.14. The van der Waals surface area contributed by atoms with E-state index in [1.165, 1.54) is 18.1 Å². The van der Waals surface area contributed by atoms with Gasteiger partial charge in [0.1, 0.15) is 11.5 Å². The third-order valence-electron chi connectivity index (χ3n) is 6.54. The second-order valence-electron chi connectivity index (χ2n) is 8.75. The SMILES string of the molecule is CN1CC[C@H](n2ccc3ccc(N4CCN(c5ccc(S(C)(=O)=O)cc5)CC4)nc32)C1. The predicted molar refractivity (Wildman–Crippen MR) is 125 cm³/mol. The second-order valence-corrected chi connectivity index (χ2v) is 10.8. The lowest BCUT2D eigenvalue weighted by molar-refractivity contribution is 0.395. The summed E-state index contributed by atoms with van der Waals surface area (Å²) in [6, 6.07) is 14.2. The van der Waals surface area contributed by atoms with Crippen molar-refractivity contribution in [3.63, 3.8) is 0 Å². The van der Waals surface area contributed by atoms with Gasteiger partial charge in [0.25, 0.3) is 0 Å². The van der Waals surface area contributed by atoms with Gasteiger partial charge in [-0.25, -0.2) is 13.4 Å². The summed E-state index contributed by atoms with van der Waals surface area (Å²) in [6.07, 6.45) is 4.60. The number of sulfone groups is 1. The zero-order chi connectivity index (χ0) is 21.6. The first kappa shape index (κ1) is 20.3. The Hall–Kier alpha value is -2.58. The Morgan fingerprint density at radius 1 is 0.903 bits per heavy atom. The van der Waals surface area contributed by atoms with Crippen molar-refractivity contribution in [1.29, 1.82) is 0 Å². The van der Waals surface area contributed by atoms with Gasteiger partial charge in [-0.2, -0.15) is 0 Å². The molecule has 0 unspecified atom stereocenters. The lowest BCUT2D eigenvalue weighted by atomic mass is 10.2. The molecule has 5 rings (SSSR count). The van der Waals surface area contributed by atoms with E-state index in [1.54, 1.807) is 12.1 Å². The van der Waals surface area contributed by atoms with Crippen molar-refractivity contribution in [2.45, 2.75) is 17.4 Å². The molecule has 2 saturated heterocycles. The molecule has 1 aromatic carbocycles. The maximum Gasteiger partial charge on any atom is 0.175 e. The summed E-state index contributed by atoms with van der Waals surface area (Å²) in [5, 5.41) is 1.20. The van der Waals surface area contributed by atoms with Crippen LogP contribution in [0.15, 0.2) is 53.6 Å². The van der Waals surface area contributed by atoms with E-state index in [0.717, 1.165) is 56.4 Å². The van der Waals surface area contributed by atoms with E-state index in [2.05, 4.69) is 50.7 Å². The van der Waals surface area contributed by atoms with Crippen molar-refractivity contribution >= 4 is 32.4 Å². The number of hydrogen-bond acceptors (Lipinski definition) is 6. The molecule has 31 heavy (non-hydrogen) atoms. The van der Waals surface area contributed by atoms with Gasteiger partial charge in [-0.05, 0) is 62.5 Å². The molecule has 164 valence electrons. The number of rotatable bonds is 4. The Bertz CT molecular complexity index is 1180. The van der Waals surface area contributed by atoms with Crippen LogP contribution in [0.4, 0.5) is 11.5 Å². The van der Waals surface area contributed by atoms with E-state index in [9.17, 15) is 8.42 Å². The molecular formula is C23H29N5O2S. The minimum atomic E-state index is -3.16. The molecule has 1 atom stereocenters. The molecule has 2 aromatic heterocycles. The third-order valence-corrected chi connectivity index (χ3v) is 7.67. The molecule has 0 N–H and O–H groups in total. The average Bonchev–Trinajstić information content (AvgIpc) is 3.38. The van der Waals surface area contributed by atoms with Crippen LogP contribution in [-0.2, 0) is 9.84 Å². The normalized spacial score (nSPS) is 20.6. The number of fused-ring (bicyclic) bond motifs is 1. The summed E-state index contributed by atoms with van der Waals surface area (Å²) in [7, 11) is -0.982. The van der Waals surface area contributed by atoms with Gasteiger partial charge in [0.15, 0.2) is 9.84 Å². The molecule has 0 bridgehead atoms. The average molecular weight is 440 g/mol. The van der Waals surface area contributed by atoms with E-state index in [1.807, 2.05) is 12.1 Å². The van der Waals surface area contributed by atoms with E-state index >= 15 is 0 Å². The molecule has 2 fully saturated rings. The largest absolute Gasteiger partial charge is 0.368 e. The van der Waals surface area contributed by atoms with Crippen LogP contribution >= 0.6 is 0 Å². The standard InChI is InChI=1S/C23H29N5O2S/c1-25-11-10-20(17-25)28-12-9-18-3-8-22(24-23(18)28)27-15-13-26(14-16-27)19-4-6-21(7-5-19)31(2,29)30/h3-9,12,20H,10-11,13-17H2,1-2H3/t20-/m0/s1. The zero-order valence-corrected chi connectivity index (χ0v) is 18.9. The van der Waals surface area contributed by atoms with Crippen LogP contribution in [0, 0.1) is 0 Å². The topological polar surface area (TPSA) is 61.7 Å². The van der Waals surface area contributed by atoms with Crippen LogP contribution in [0.25, 0.3) is 11.0 Å². The Morgan fingerprint density at radius 2 is 1.61 bits per heavy atom. The summed E-state index contributed by atoms with van der Waals surface area (Å²) in [4.78, 5) is 12.4. The van der Waals surface area contributed by atoms with Crippen LogP contribution in [-0.4, -0.2) is 75.4 Å². The lowest BCUT2D eigenvalue weighted by Crippen LogP contribution is -2.46. The summed E-state index contributed by atoms with van der Waals surface area (Å²) in [6.45, 7) is 5.75. The van der Waals surface area contributed by atoms with Gasteiger partial charge >= 0.3 is 0 Å².